The van der Waals surface area contributed by atoms with Crippen LogP contribution in [0.4, 0.5) is 0 Å². The molecule has 0 spiro atoms. The van der Waals surface area contributed by atoms with Crippen molar-refractivity contribution in [2.75, 3.05) is 0 Å². The molecule has 0 fully saturated rings. The first-order valence-electron chi connectivity index (χ1n) is 6.93. The summed E-state index contributed by atoms with van der Waals surface area (Å²) in [5, 5.41) is 1.12. The molecule has 0 unspecified atom stereocenters. The summed E-state index contributed by atoms with van der Waals surface area (Å²) in [6.07, 6.45) is 2.81. The van der Waals surface area contributed by atoms with Gasteiger partial charge in [0.25, 0.3) is 0 Å². The fourth-order valence-electron chi connectivity index (χ4n) is 1.70. The van der Waals surface area contributed by atoms with Crippen LogP contribution in [0.25, 0.3) is 0 Å². The van der Waals surface area contributed by atoms with E-state index < -0.39 is 5.60 Å². The van der Waals surface area contributed by atoms with E-state index in [0.717, 1.165) is 25.0 Å². The summed E-state index contributed by atoms with van der Waals surface area (Å²) in [7, 11) is 0. The first-order valence-corrected chi connectivity index (χ1v) is 9.36. The van der Waals surface area contributed by atoms with Gasteiger partial charge in [0.15, 0.2) is 0 Å². The SMILES string of the molecule is CCc1ncc(Sc2cc(Br)cc(C(=O)OC(C)(C)C)c2)s1. The average molecular weight is 400 g/mol. The fourth-order valence-corrected chi connectivity index (χ4v) is 4.38. The second-order valence-electron chi connectivity index (χ2n) is 5.71. The van der Waals surface area contributed by atoms with Crippen LogP contribution in [0, 0.1) is 0 Å². The molecule has 22 heavy (non-hydrogen) atoms. The minimum absolute atomic E-state index is 0.311. The molecule has 0 aliphatic carbocycles. The van der Waals surface area contributed by atoms with Gasteiger partial charge in [-0.25, -0.2) is 9.78 Å². The van der Waals surface area contributed by atoms with Crippen molar-refractivity contribution in [3.63, 3.8) is 0 Å². The van der Waals surface area contributed by atoms with Gasteiger partial charge in [-0.15, -0.1) is 11.3 Å². The molecule has 0 amide bonds. The first kappa shape index (κ1) is 17.5. The number of hydrogen-bond donors (Lipinski definition) is 0. The second-order valence-corrected chi connectivity index (χ2v) is 9.11. The van der Waals surface area contributed by atoms with Crippen LogP contribution in [0.3, 0.4) is 0 Å². The average Bonchev–Trinajstić information content (AvgIpc) is 2.83. The van der Waals surface area contributed by atoms with E-state index in [1.807, 2.05) is 39.1 Å². The lowest BCUT2D eigenvalue weighted by molar-refractivity contribution is 0.00692. The Morgan fingerprint density at radius 3 is 2.68 bits per heavy atom. The molecule has 1 heterocycles. The lowest BCUT2D eigenvalue weighted by Crippen LogP contribution is -2.23. The number of nitrogens with zero attached hydrogens (tertiary/aromatic N) is 1. The van der Waals surface area contributed by atoms with Gasteiger partial charge in [-0.05, 0) is 45.4 Å². The van der Waals surface area contributed by atoms with Crippen LogP contribution >= 0.6 is 39.0 Å². The summed E-state index contributed by atoms with van der Waals surface area (Å²) < 4.78 is 7.40. The Bertz CT molecular complexity index is 677. The molecule has 0 radical (unpaired) electrons. The largest absolute Gasteiger partial charge is 0.456 e. The van der Waals surface area contributed by atoms with Crippen LogP contribution in [0.15, 0.2) is 38.0 Å². The number of ether oxygens (including phenoxy) is 1. The van der Waals surface area contributed by atoms with Crippen molar-refractivity contribution in [1.29, 1.82) is 0 Å². The number of rotatable bonds is 4. The summed E-state index contributed by atoms with van der Waals surface area (Å²) in [5.74, 6) is -0.311. The number of halogens is 1. The number of carbonyl (C=O) groups is 1. The number of hydrogen-bond acceptors (Lipinski definition) is 5. The maximum absolute atomic E-state index is 12.2. The minimum atomic E-state index is -0.500. The molecule has 2 rings (SSSR count). The highest BCUT2D eigenvalue weighted by atomic mass is 79.9. The lowest BCUT2D eigenvalue weighted by atomic mass is 10.2. The highest BCUT2D eigenvalue weighted by molar-refractivity contribution is 9.10. The fraction of sp³-hybridized carbons (Fsp3) is 0.375. The first-order chi connectivity index (χ1) is 10.3. The Labute approximate surface area is 147 Å². The molecule has 1 aromatic heterocycles. The molecular weight excluding hydrogens is 382 g/mol. The van der Waals surface area contributed by atoms with Gasteiger partial charge in [0.05, 0.1) is 21.0 Å². The Balaban J connectivity index is 2.21. The van der Waals surface area contributed by atoms with Gasteiger partial charge in [-0.1, -0.05) is 34.6 Å². The van der Waals surface area contributed by atoms with Gasteiger partial charge in [-0.3, -0.25) is 0 Å². The highest BCUT2D eigenvalue weighted by Gasteiger charge is 2.19. The van der Waals surface area contributed by atoms with Crippen molar-refractivity contribution in [3.05, 3.63) is 39.4 Å². The summed E-state index contributed by atoms with van der Waals surface area (Å²) in [6, 6.07) is 5.63. The number of esters is 1. The van der Waals surface area contributed by atoms with Crippen LogP contribution in [-0.4, -0.2) is 16.6 Å². The van der Waals surface area contributed by atoms with Gasteiger partial charge >= 0.3 is 5.97 Å². The standard InChI is InChI=1S/C16H18BrNO2S2/c1-5-13-18-9-14(22-13)21-12-7-10(6-11(17)8-12)15(19)20-16(2,3)4/h6-9H,5H2,1-4H3. The van der Waals surface area contributed by atoms with Crippen molar-refractivity contribution in [1.82, 2.24) is 4.98 Å². The third kappa shape index (κ3) is 5.11. The molecule has 1 aromatic carbocycles. The molecule has 3 nitrogen and oxygen atoms in total. The van der Waals surface area contributed by atoms with Crippen molar-refractivity contribution >= 4 is 45.0 Å². The van der Waals surface area contributed by atoms with Gasteiger partial charge in [-0.2, -0.15) is 0 Å². The van der Waals surface area contributed by atoms with Gasteiger partial charge in [0, 0.05) is 9.37 Å². The Morgan fingerprint density at radius 2 is 2.09 bits per heavy atom. The predicted molar refractivity (Wildman–Crippen MR) is 94.9 cm³/mol. The molecule has 0 N–H and O–H groups in total. The van der Waals surface area contributed by atoms with Gasteiger partial charge in [0.1, 0.15) is 5.60 Å². The molecule has 6 heteroatoms. The maximum atomic E-state index is 12.2. The van der Waals surface area contributed by atoms with E-state index in [0.29, 0.717) is 5.56 Å². The maximum Gasteiger partial charge on any atom is 0.338 e. The number of carbonyl (C=O) groups excluding carboxylic acids is 1. The van der Waals surface area contributed by atoms with E-state index in [2.05, 4.69) is 27.8 Å². The lowest BCUT2D eigenvalue weighted by Gasteiger charge is -2.19. The van der Waals surface area contributed by atoms with Crippen molar-refractivity contribution in [2.24, 2.45) is 0 Å². The molecule has 2 aromatic rings. The smallest absolute Gasteiger partial charge is 0.338 e. The second kappa shape index (κ2) is 7.15. The molecule has 0 aliphatic rings. The quantitative estimate of drug-likeness (QED) is 0.629. The minimum Gasteiger partial charge on any atom is -0.456 e. The van der Waals surface area contributed by atoms with E-state index in [9.17, 15) is 4.79 Å². The number of thiazole rings is 1. The molecule has 0 saturated heterocycles. The molecule has 0 aliphatic heterocycles. The van der Waals surface area contributed by atoms with E-state index in [1.54, 1.807) is 29.2 Å². The Kier molecular flexibility index (Phi) is 5.69. The Hall–Kier alpha value is -0.850. The zero-order chi connectivity index (χ0) is 16.3. The molecule has 0 atom stereocenters. The molecule has 0 saturated carbocycles. The van der Waals surface area contributed by atoms with Crippen LogP contribution in [-0.2, 0) is 11.2 Å². The summed E-state index contributed by atoms with van der Waals surface area (Å²) in [6.45, 7) is 7.68. The normalized spacial score (nSPS) is 11.5. The van der Waals surface area contributed by atoms with Crippen LogP contribution < -0.4 is 0 Å². The van der Waals surface area contributed by atoms with Crippen LogP contribution in [0.2, 0.25) is 0 Å². The van der Waals surface area contributed by atoms with E-state index in [-0.39, 0.29) is 5.97 Å². The zero-order valence-electron chi connectivity index (χ0n) is 13.0. The third-order valence-electron chi connectivity index (χ3n) is 2.56. The summed E-state index contributed by atoms with van der Waals surface area (Å²) in [4.78, 5) is 17.5. The van der Waals surface area contributed by atoms with Crippen LogP contribution in [0.1, 0.15) is 43.1 Å². The van der Waals surface area contributed by atoms with Crippen molar-refractivity contribution < 1.29 is 9.53 Å². The van der Waals surface area contributed by atoms with E-state index in [1.165, 1.54) is 0 Å². The topological polar surface area (TPSA) is 39.2 Å². The predicted octanol–water partition coefficient (Wildman–Crippen LogP) is 5.57. The van der Waals surface area contributed by atoms with Crippen molar-refractivity contribution in [3.8, 4) is 0 Å². The van der Waals surface area contributed by atoms with Gasteiger partial charge in [0.2, 0.25) is 0 Å². The monoisotopic (exact) mass is 399 g/mol. The third-order valence-corrected chi connectivity index (χ3v) is 5.23. The zero-order valence-corrected chi connectivity index (χ0v) is 16.2. The highest BCUT2D eigenvalue weighted by Crippen LogP contribution is 2.34. The number of benzene rings is 1. The molecule has 0 bridgehead atoms. The Morgan fingerprint density at radius 1 is 1.36 bits per heavy atom. The van der Waals surface area contributed by atoms with E-state index >= 15 is 0 Å². The number of aryl methyl sites for hydroxylation is 1. The van der Waals surface area contributed by atoms with Crippen molar-refractivity contribution in [2.45, 2.75) is 48.8 Å². The van der Waals surface area contributed by atoms with Gasteiger partial charge < -0.3 is 4.74 Å². The molecular formula is C16H18BrNO2S2. The summed E-state index contributed by atoms with van der Waals surface area (Å²) >= 11 is 6.74. The summed E-state index contributed by atoms with van der Waals surface area (Å²) in [5.41, 5.74) is 0.0486. The number of aromatic nitrogens is 1. The van der Waals surface area contributed by atoms with Crippen LogP contribution in [0.5, 0.6) is 0 Å². The van der Waals surface area contributed by atoms with E-state index in [4.69, 9.17) is 4.74 Å². The molecule has 118 valence electrons.